The first-order valence-electron chi connectivity index (χ1n) is 22.6. The molecule has 2 saturated heterocycles. The van der Waals surface area contributed by atoms with Gasteiger partial charge in [0.05, 0.1) is 54.2 Å². The first-order valence-corrected chi connectivity index (χ1v) is 23.4. The Morgan fingerprint density at radius 1 is 0.855 bits per heavy atom. The van der Waals surface area contributed by atoms with Gasteiger partial charge in [-0.3, -0.25) is 19.3 Å². The summed E-state index contributed by atoms with van der Waals surface area (Å²) in [4.78, 5) is 83.7. The van der Waals surface area contributed by atoms with Gasteiger partial charge >= 0.3 is 18.0 Å². The number of carbonyl (C=O) groups excluding carboxylic acids is 5. The fourth-order valence-corrected chi connectivity index (χ4v) is 10.9. The summed E-state index contributed by atoms with van der Waals surface area (Å²) in [6, 6.07) is 32.0. The molecule has 4 N–H and O–H groups in total. The number of hydrogen-bond acceptors (Lipinski definition) is 13. The van der Waals surface area contributed by atoms with E-state index in [2.05, 4.69) is 22.5 Å². The Morgan fingerprint density at radius 2 is 1.55 bits per heavy atom. The lowest BCUT2D eigenvalue weighted by Gasteiger charge is -2.46. The van der Waals surface area contributed by atoms with Gasteiger partial charge in [-0.15, -0.1) is 0 Å². The van der Waals surface area contributed by atoms with Crippen molar-refractivity contribution in [2.45, 2.75) is 56.0 Å². The van der Waals surface area contributed by atoms with E-state index in [4.69, 9.17) is 19.2 Å². The summed E-state index contributed by atoms with van der Waals surface area (Å²) >= 11 is 1.22. The molecule has 3 aliphatic heterocycles. The number of aliphatic hydroxyl groups is 2. The van der Waals surface area contributed by atoms with Crippen LogP contribution in [0.4, 0.5) is 15.6 Å². The minimum Gasteiger partial charge on any atom is -0.491 e. The number of thiazole rings is 1. The summed E-state index contributed by atoms with van der Waals surface area (Å²) in [7, 11) is 1.20. The van der Waals surface area contributed by atoms with Crippen LogP contribution in [-0.4, -0.2) is 88.9 Å². The van der Waals surface area contributed by atoms with Gasteiger partial charge in [0, 0.05) is 12.0 Å². The van der Waals surface area contributed by atoms with Gasteiger partial charge in [-0.25, -0.2) is 19.5 Å². The van der Waals surface area contributed by atoms with Gasteiger partial charge in [-0.2, -0.15) is 0 Å². The summed E-state index contributed by atoms with van der Waals surface area (Å²) in [5, 5.41) is 25.2. The molecule has 15 nitrogen and oxygen atoms in total. The molecular weight excluding hydrogens is 899 g/mol. The van der Waals surface area contributed by atoms with E-state index >= 15 is 19.2 Å². The molecule has 3 aliphatic rings. The standard InChI is InChI=1S/C53H49N5O10S/c1-31(2)42(48(62)66-3)55-52(65)57-39-26-21-32(14-12-13-27-59)30-37(39)53(50(57)64)41(47(61)56-51-54-38-19-10-11-20-40(38)69-51)44-49(63)68-45(34-17-8-5-9-18-34)43(33-15-6-4-7-16-33)58(44)46(53)35-22-24-36(25-23-35)67-29-28-60/h4-11,15-26,30-31,41-46,59-60H,13,27-29H2,1-3H3,(H,55,65)(H,54,56,61)/t41-,42-,43-,44-,45+,46+,53-/m0/s1. The van der Waals surface area contributed by atoms with Crippen molar-refractivity contribution in [2.75, 3.05) is 37.1 Å². The van der Waals surface area contributed by atoms with Crippen LogP contribution in [0.5, 0.6) is 5.75 Å². The SMILES string of the molecule is COC(=O)[C@@H](NC(=O)N1C(=O)[C@@]2(c3cc(C#CCCO)ccc31)[C@H](C(=O)Nc1nc3ccccc3s1)[C@H]1C(=O)O[C@H](c3ccccc3)[C@H](c3ccccc3)N1[C@@H]2c1ccc(OCCO)cc1)C(C)C. The third-order valence-electron chi connectivity index (χ3n) is 12.9. The molecule has 0 saturated carbocycles. The van der Waals surface area contributed by atoms with Gasteiger partial charge in [0.1, 0.15) is 36.0 Å². The Labute approximate surface area is 402 Å². The molecule has 4 heterocycles. The maximum atomic E-state index is 16.6. The van der Waals surface area contributed by atoms with Crippen LogP contribution < -0.4 is 20.3 Å². The summed E-state index contributed by atoms with van der Waals surface area (Å²) in [6.45, 7) is 3.01. The number of morpholine rings is 1. The zero-order valence-electron chi connectivity index (χ0n) is 37.9. The number of ether oxygens (including phenoxy) is 3. The molecule has 2 fully saturated rings. The molecule has 16 heteroatoms. The van der Waals surface area contributed by atoms with E-state index in [9.17, 15) is 15.0 Å². The molecule has 1 aromatic heterocycles. The molecule has 6 aromatic rings. The van der Waals surface area contributed by atoms with Crippen molar-refractivity contribution < 1.29 is 48.4 Å². The first kappa shape index (κ1) is 46.7. The molecule has 0 bridgehead atoms. The summed E-state index contributed by atoms with van der Waals surface area (Å²) in [6.07, 6.45) is -0.824. The predicted octanol–water partition coefficient (Wildman–Crippen LogP) is 6.61. The highest BCUT2D eigenvalue weighted by molar-refractivity contribution is 7.22. The molecule has 5 aromatic carbocycles. The van der Waals surface area contributed by atoms with Crippen LogP contribution >= 0.6 is 11.3 Å². The molecule has 9 rings (SSSR count). The number of nitrogens with one attached hydrogen (secondary N) is 2. The van der Waals surface area contributed by atoms with Crippen molar-refractivity contribution in [2.24, 2.45) is 11.8 Å². The van der Waals surface area contributed by atoms with Crippen molar-refractivity contribution >= 4 is 62.2 Å². The second-order valence-corrected chi connectivity index (χ2v) is 18.3. The summed E-state index contributed by atoms with van der Waals surface area (Å²) < 4.78 is 18.2. The molecule has 1 spiro atoms. The van der Waals surface area contributed by atoms with Crippen molar-refractivity contribution in [3.8, 4) is 17.6 Å². The number of esters is 2. The smallest absolute Gasteiger partial charge is 0.329 e. The number of rotatable bonds is 12. The molecule has 7 atom stereocenters. The fourth-order valence-electron chi connectivity index (χ4n) is 10.0. The second-order valence-electron chi connectivity index (χ2n) is 17.2. The predicted molar refractivity (Wildman–Crippen MR) is 257 cm³/mol. The van der Waals surface area contributed by atoms with Crippen LogP contribution in [0.3, 0.4) is 0 Å². The van der Waals surface area contributed by atoms with Crippen LogP contribution in [0.1, 0.15) is 66.3 Å². The molecule has 0 aliphatic carbocycles. The Balaban J connectivity index is 1.36. The van der Waals surface area contributed by atoms with E-state index in [0.717, 1.165) is 9.60 Å². The number of imide groups is 1. The Bertz CT molecular complexity index is 2940. The largest absolute Gasteiger partial charge is 0.491 e. The van der Waals surface area contributed by atoms with Gasteiger partial charge in [-0.05, 0) is 70.6 Å². The van der Waals surface area contributed by atoms with E-state index in [1.807, 2.05) is 89.8 Å². The summed E-state index contributed by atoms with van der Waals surface area (Å²) in [5.41, 5.74) is 1.02. The minimum atomic E-state index is -2.14. The number of benzene rings is 5. The lowest BCUT2D eigenvalue weighted by Crippen LogP contribution is -2.57. The van der Waals surface area contributed by atoms with Gasteiger partial charge in [0.2, 0.25) is 11.8 Å². The maximum absolute atomic E-state index is 16.6. The zero-order valence-corrected chi connectivity index (χ0v) is 38.7. The number of anilines is 2. The van der Waals surface area contributed by atoms with E-state index in [0.29, 0.717) is 33.5 Å². The Morgan fingerprint density at radius 3 is 2.22 bits per heavy atom. The number of fused-ring (bicyclic) bond motifs is 4. The lowest BCUT2D eigenvalue weighted by molar-refractivity contribution is -0.177. The molecule has 0 unspecified atom stereocenters. The number of amides is 4. The van der Waals surface area contributed by atoms with Gasteiger partial charge < -0.3 is 35.1 Å². The topological polar surface area (TPSA) is 197 Å². The number of methoxy groups -OCH3 is 1. The molecule has 0 radical (unpaired) electrons. The van der Waals surface area contributed by atoms with E-state index in [-0.39, 0.29) is 42.6 Å². The fraction of sp³-hybridized carbons (Fsp3) is 0.283. The summed E-state index contributed by atoms with van der Waals surface area (Å²) in [5.74, 6) is 1.19. The Hall–Kier alpha value is -7.42. The van der Waals surface area contributed by atoms with Gasteiger partial charge in [-0.1, -0.05) is 122 Å². The number of urea groups is 1. The number of para-hydroxylation sites is 1. The van der Waals surface area contributed by atoms with Crippen molar-refractivity contribution in [3.63, 3.8) is 0 Å². The number of hydrogen-bond donors (Lipinski definition) is 4. The van der Waals surface area contributed by atoms with Crippen molar-refractivity contribution in [1.82, 2.24) is 15.2 Å². The number of carbonyl (C=O) groups is 5. The van der Waals surface area contributed by atoms with E-state index in [1.54, 1.807) is 56.3 Å². The second kappa shape index (κ2) is 19.7. The Kier molecular flexibility index (Phi) is 13.3. The number of nitrogens with zero attached hydrogens (tertiary/aromatic N) is 3. The molecular formula is C53H49N5O10S. The average molecular weight is 948 g/mol. The average Bonchev–Trinajstić information content (AvgIpc) is 4.01. The van der Waals surface area contributed by atoms with Gasteiger partial charge in [0.15, 0.2) is 5.13 Å². The molecule has 352 valence electrons. The third-order valence-corrected chi connectivity index (χ3v) is 13.8. The minimum absolute atomic E-state index is 0.00851. The first-order chi connectivity index (χ1) is 33.5. The normalized spacial score (nSPS) is 22.1. The van der Waals surface area contributed by atoms with Crippen LogP contribution in [-0.2, 0) is 34.1 Å². The molecule has 69 heavy (non-hydrogen) atoms. The number of aromatic nitrogens is 1. The highest BCUT2D eigenvalue weighted by Crippen LogP contribution is 2.66. The van der Waals surface area contributed by atoms with E-state index < -0.39 is 77.3 Å². The molecule has 4 amide bonds. The zero-order chi connectivity index (χ0) is 48.4. The monoisotopic (exact) mass is 947 g/mol. The van der Waals surface area contributed by atoms with Crippen LogP contribution in [0.25, 0.3) is 10.2 Å². The number of aliphatic hydroxyl groups excluding tert-OH is 2. The highest BCUT2D eigenvalue weighted by Gasteiger charge is 2.75. The van der Waals surface area contributed by atoms with Crippen LogP contribution in [0, 0.1) is 23.7 Å². The lowest BCUT2D eigenvalue weighted by atomic mass is 9.65. The van der Waals surface area contributed by atoms with Crippen molar-refractivity contribution in [1.29, 1.82) is 0 Å². The van der Waals surface area contributed by atoms with Gasteiger partial charge in [0.25, 0.3) is 0 Å². The quantitative estimate of drug-likeness (QED) is 0.0758. The highest BCUT2D eigenvalue weighted by atomic mass is 32.1. The third kappa shape index (κ3) is 8.37. The van der Waals surface area contributed by atoms with Crippen LogP contribution in [0.2, 0.25) is 0 Å². The maximum Gasteiger partial charge on any atom is 0.329 e. The van der Waals surface area contributed by atoms with Crippen LogP contribution in [0.15, 0.2) is 127 Å². The van der Waals surface area contributed by atoms with Crippen molar-refractivity contribution in [3.05, 3.63) is 155 Å². The van der Waals surface area contributed by atoms with E-state index in [1.165, 1.54) is 18.4 Å². The number of cyclic esters (lactones) is 1.